The molecule has 2 amide bonds. The molecular weight excluding hydrogens is 286 g/mol. The van der Waals surface area contributed by atoms with E-state index < -0.39 is 11.8 Å². The number of furan rings is 1. The predicted octanol–water partition coefficient (Wildman–Crippen LogP) is 2.01. The van der Waals surface area contributed by atoms with Gasteiger partial charge in [-0.2, -0.15) is 0 Å². The van der Waals surface area contributed by atoms with Crippen molar-refractivity contribution in [3.8, 4) is 11.3 Å². The Hall–Kier alpha value is -3.35. The van der Waals surface area contributed by atoms with Crippen molar-refractivity contribution in [1.82, 2.24) is 16.0 Å². The van der Waals surface area contributed by atoms with Crippen molar-refractivity contribution in [1.29, 1.82) is 0 Å². The Morgan fingerprint density at radius 3 is 2.50 bits per heavy atom. The van der Waals surface area contributed by atoms with Gasteiger partial charge in [0.1, 0.15) is 6.26 Å². The monoisotopic (exact) mass is 297 g/mol. The lowest BCUT2D eigenvalue weighted by Gasteiger charge is -2.03. The second kappa shape index (κ2) is 5.96. The lowest BCUT2D eigenvalue weighted by atomic mass is 10.1. The quantitative estimate of drug-likeness (QED) is 0.721. The first-order valence-corrected chi connectivity index (χ1v) is 6.39. The first-order chi connectivity index (χ1) is 10.7. The van der Waals surface area contributed by atoms with Gasteiger partial charge in [-0.05, 0) is 6.07 Å². The zero-order chi connectivity index (χ0) is 15.4. The Balaban J connectivity index is 1.64. The van der Waals surface area contributed by atoms with Gasteiger partial charge >= 0.3 is 0 Å². The van der Waals surface area contributed by atoms with Crippen LogP contribution in [0.15, 0.2) is 63.9 Å². The van der Waals surface area contributed by atoms with E-state index in [1.165, 1.54) is 24.7 Å². The fourth-order valence-electron chi connectivity index (χ4n) is 1.76. The molecule has 1 aromatic carbocycles. The van der Waals surface area contributed by atoms with Gasteiger partial charge < -0.3 is 8.94 Å². The van der Waals surface area contributed by atoms with Gasteiger partial charge in [0.25, 0.3) is 11.8 Å². The summed E-state index contributed by atoms with van der Waals surface area (Å²) in [6.07, 6.45) is 2.63. The van der Waals surface area contributed by atoms with E-state index in [9.17, 15) is 9.59 Å². The zero-order valence-electron chi connectivity index (χ0n) is 11.3. The number of hydrogen-bond donors (Lipinski definition) is 2. The highest BCUT2D eigenvalue weighted by Gasteiger charge is 2.15. The van der Waals surface area contributed by atoms with Crippen LogP contribution in [0.4, 0.5) is 0 Å². The summed E-state index contributed by atoms with van der Waals surface area (Å²) < 4.78 is 9.89. The van der Waals surface area contributed by atoms with Gasteiger partial charge in [-0.3, -0.25) is 20.4 Å². The Bertz CT molecular complexity index is 778. The Morgan fingerprint density at radius 2 is 1.77 bits per heavy atom. The standard InChI is InChI=1S/C15H11N3O4/c19-14(11-6-7-21-9-11)16-17-15(20)12-8-13(22-18-12)10-4-2-1-3-5-10/h1-9H,(H,16,19)(H,17,20). The molecule has 0 bridgehead atoms. The van der Waals surface area contributed by atoms with Crippen LogP contribution in [0.3, 0.4) is 0 Å². The number of nitrogens with one attached hydrogen (secondary N) is 2. The first kappa shape index (κ1) is 13.6. The minimum absolute atomic E-state index is 0.0614. The van der Waals surface area contributed by atoms with Gasteiger partial charge in [-0.15, -0.1) is 0 Å². The van der Waals surface area contributed by atoms with E-state index in [0.29, 0.717) is 11.3 Å². The molecule has 0 aliphatic carbocycles. The maximum atomic E-state index is 11.9. The molecule has 3 aromatic rings. The van der Waals surface area contributed by atoms with Crippen LogP contribution in [-0.2, 0) is 0 Å². The molecule has 0 saturated carbocycles. The molecule has 2 heterocycles. The molecular formula is C15H11N3O4. The van der Waals surface area contributed by atoms with Gasteiger partial charge in [0, 0.05) is 11.6 Å². The smallest absolute Gasteiger partial charge is 0.291 e. The number of hydrogen-bond acceptors (Lipinski definition) is 5. The third kappa shape index (κ3) is 2.88. The van der Waals surface area contributed by atoms with E-state index in [0.717, 1.165) is 5.56 Å². The van der Waals surface area contributed by atoms with Crippen molar-refractivity contribution in [2.75, 3.05) is 0 Å². The fraction of sp³-hybridized carbons (Fsp3) is 0. The van der Waals surface area contributed by atoms with Gasteiger partial charge in [0.05, 0.1) is 11.8 Å². The maximum absolute atomic E-state index is 11.9. The summed E-state index contributed by atoms with van der Waals surface area (Å²) >= 11 is 0. The molecule has 2 N–H and O–H groups in total. The number of carbonyl (C=O) groups excluding carboxylic acids is 2. The van der Waals surface area contributed by atoms with Gasteiger partial charge in [0.15, 0.2) is 11.5 Å². The average molecular weight is 297 g/mol. The highest BCUT2D eigenvalue weighted by Crippen LogP contribution is 2.19. The first-order valence-electron chi connectivity index (χ1n) is 6.39. The van der Waals surface area contributed by atoms with Crippen LogP contribution in [0.2, 0.25) is 0 Å². The molecule has 0 atom stereocenters. The topological polar surface area (TPSA) is 97.4 Å². The summed E-state index contributed by atoms with van der Waals surface area (Å²) in [4.78, 5) is 23.5. The summed E-state index contributed by atoms with van der Waals surface area (Å²) in [7, 11) is 0. The van der Waals surface area contributed by atoms with E-state index in [1.54, 1.807) is 0 Å². The minimum atomic E-state index is -0.581. The molecule has 22 heavy (non-hydrogen) atoms. The Morgan fingerprint density at radius 1 is 1.00 bits per heavy atom. The molecule has 0 fully saturated rings. The number of nitrogens with zero attached hydrogens (tertiary/aromatic N) is 1. The van der Waals surface area contributed by atoms with Crippen molar-refractivity contribution < 1.29 is 18.5 Å². The fourth-order valence-corrected chi connectivity index (χ4v) is 1.76. The van der Waals surface area contributed by atoms with Crippen LogP contribution < -0.4 is 10.9 Å². The van der Waals surface area contributed by atoms with Crippen LogP contribution in [0.1, 0.15) is 20.8 Å². The molecule has 110 valence electrons. The lowest BCUT2D eigenvalue weighted by molar-refractivity contribution is 0.0841. The predicted molar refractivity (Wildman–Crippen MR) is 75.6 cm³/mol. The third-order valence-corrected chi connectivity index (χ3v) is 2.87. The van der Waals surface area contributed by atoms with Crippen LogP contribution in [0.25, 0.3) is 11.3 Å². The van der Waals surface area contributed by atoms with Crippen molar-refractivity contribution in [2.24, 2.45) is 0 Å². The molecule has 0 aliphatic rings. The van der Waals surface area contributed by atoms with Crippen LogP contribution >= 0.6 is 0 Å². The van der Waals surface area contributed by atoms with E-state index in [4.69, 9.17) is 8.94 Å². The summed E-state index contributed by atoms with van der Waals surface area (Å²) in [5, 5.41) is 3.68. The minimum Gasteiger partial charge on any atom is -0.472 e. The molecule has 0 radical (unpaired) electrons. The highest BCUT2D eigenvalue weighted by atomic mass is 16.5. The molecule has 7 nitrogen and oxygen atoms in total. The maximum Gasteiger partial charge on any atom is 0.291 e. The Labute approximate surface area is 124 Å². The number of amides is 2. The second-order valence-electron chi connectivity index (χ2n) is 4.36. The van der Waals surface area contributed by atoms with Crippen molar-refractivity contribution in [3.63, 3.8) is 0 Å². The van der Waals surface area contributed by atoms with Crippen LogP contribution in [0.5, 0.6) is 0 Å². The largest absolute Gasteiger partial charge is 0.472 e. The van der Waals surface area contributed by atoms with Crippen molar-refractivity contribution in [3.05, 3.63) is 66.2 Å². The van der Waals surface area contributed by atoms with E-state index in [2.05, 4.69) is 16.0 Å². The summed E-state index contributed by atoms with van der Waals surface area (Å²) in [6, 6.07) is 12.2. The highest BCUT2D eigenvalue weighted by molar-refractivity contribution is 5.98. The molecule has 0 spiro atoms. The molecule has 0 unspecified atom stereocenters. The van der Waals surface area contributed by atoms with Gasteiger partial charge in [0.2, 0.25) is 0 Å². The van der Waals surface area contributed by atoms with Crippen molar-refractivity contribution in [2.45, 2.75) is 0 Å². The molecule has 7 heteroatoms. The molecule has 3 rings (SSSR count). The van der Waals surface area contributed by atoms with Crippen molar-refractivity contribution >= 4 is 11.8 Å². The van der Waals surface area contributed by atoms with Gasteiger partial charge in [-0.25, -0.2) is 0 Å². The summed E-state index contributed by atoms with van der Waals surface area (Å²) in [5.41, 5.74) is 5.66. The SMILES string of the molecule is O=C(NNC(=O)c1cc(-c2ccccc2)on1)c1ccoc1. The Kier molecular flexibility index (Phi) is 3.69. The average Bonchev–Trinajstić information content (AvgIpc) is 3.24. The lowest BCUT2D eigenvalue weighted by Crippen LogP contribution is -2.41. The van der Waals surface area contributed by atoms with Gasteiger partial charge in [-0.1, -0.05) is 35.5 Å². The summed E-state index contributed by atoms with van der Waals surface area (Å²) in [6.45, 7) is 0. The number of benzene rings is 1. The normalized spacial score (nSPS) is 10.2. The number of carbonyl (C=O) groups is 2. The number of hydrazine groups is 1. The van der Waals surface area contributed by atoms with E-state index in [1.807, 2.05) is 30.3 Å². The molecule has 2 aromatic heterocycles. The van der Waals surface area contributed by atoms with E-state index in [-0.39, 0.29) is 5.69 Å². The summed E-state index contributed by atoms with van der Waals surface area (Å²) in [5.74, 6) is -0.608. The molecule has 0 aliphatic heterocycles. The third-order valence-electron chi connectivity index (χ3n) is 2.87. The molecule has 0 saturated heterocycles. The number of rotatable bonds is 3. The van der Waals surface area contributed by atoms with Crippen LogP contribution in [-0.4, -0.2) is 17.0 Å². The van der Waals surface area contributed by atoms with E-state index >= 15 is 0 Å². The second-order valence-corrected chi connectivity index (χ2v) is 4.36. The number of aromatic nitrogens is 1. The zero-order valence-corrected chi connectivity index (χ0v) is 11.3. The van der Waals surface area contributed by atoms with Crippen LogP contribution in [0, 0.1) is 0 Å².